The van der Waals surface area contributed by atoms with E-state index in [1.165, 1.54) is 11.1 Å². The van der Waals surface area contributed by atoms with Crippen LogP contribution in [0.15, 0.2) is 71.2 Å². The SMILES string of the molecule is O=C(N[C@H](CO)c1ccc(Cl)cc1Br)OCC1c2ccccc2-c2ccccc21. The van der Waals surface area contributed by atoms with Gasteiger partial charge in [-0.2, -0.15) is 0 Å². The summed E-state index contributed by atoms with van der Waals surface area (Å²) in [6.07, 6.45) is -0.576. The zero-order valence-electron chi connectivity index (χ0n) is 15.4. The van der Waals surface area contributed by atoms with Crippen molar-refractivity contribution in [2.45, 2.75) is 12.0 Å². The summed E-state index contributed by atoms with van der Waals surface area (Å²) in [7, 11) is 0. The van der Waals surface area contributed by atoms with E-state index in [-0.39, 0.29) is 19.1 Å². The van der Waals surface area contributed by atoms with Gasteiger partial charge in [0, 0.05) is 15.4 Å². The summed E-state index contributed by atoms with van der Waals surface area (Å²) in [6, 6.07) is 20.9. The molecule has 1 aliphatic rings. The standard InChI is InChI=1S/C23H19BrClNO3/c24-21-11-14(25)9-10-19(21)22(12-27)26-23(28)29-13-20-17-7-3-1-5-15(17)16-6-2-4-8-18(16)20/h1-11,20,22,27H,12-13H2,(H,26,28)/t22-/m1/s1. The molecule has 4 nitrogen and oxygen atoms in total. The van der Waals surface area contributed by atoms with Crippen molar-refractivity contribution in [2.24, 2.45) is 0 Å². The molecular formula is C23H19BrClNO3. The Morgan fingerprint density at radius 2 is 1.69 bits per heavy atom. The number of hydrogen-bond acceptors (Lipinski definition) is 3. The fourth-order valence-electron chi connectivity index (χ4n) is 3.79. The quantitative estimate of drug-likeness (QED) is 0.503. The van der Waals surface area contributed by atoms with E-state index >= 15 is 0 Å². The lowest BCUT2D eigenvalue weighted by Crippen LogP contribution is -2.32. The molecule has 6 heteroatoms. The number of carbonyl (C=O) groups is 1. The molecule has 4 rings (SSSR count). The summed E-state index contributed by atoms with van der Waals surface area (Å²) >= 11 is 9.39. The minimum atomic E-state index is -0.600. The van der Waals surface area contributed by atoms with Gasteiger partial charge in [0.15, 0.2) is 0 Å². The van der Waals surface area contributed by atoms with E-state index in [0.29, 0.717) is 9.50 Å². The van der Waals surface area contributed by atoms with Gasteiger partial charge in [-0.25, -0.2) is 4.79 Å². The highest BCUT2D eigenvalue weighted by molar-refractivity contribution is 9.10. The van der Waals surface area contributed by atoms with Crippen LogP contribution in [-0.4, -0.2) is 24.4 Å². The Bertz CT molecular complexity index is 1010. The molecule has 0 aromatic heterocycles. The molecule has 1 amide bonds. The molecule has 0 bridgehead atoms. The van der Waals surface area contributed by atoms with Crippen molar-refractivity contribution in [3.8, 4) is 11.1 Å². The predicted octanol–water partition coefficient (Wildman–Crippen LogP) is 5.67. The molecule has 0 saturated carbocycles. The van der Waals surface area contributed by atoms with Crippen LogP contribution in [0.25, 0.3) is 11.1 Å². The van der Waals surface area contributed by atoms with E-state index in [0.717, 1.165) is 16.7 Å². The molecule has 0 aliphatic heterocycles. The lowest BCUT2D eigenvalue weighted by atomic mass is 9.98. The topological polar surface area (TPSA) is 58.6 Å². The Morgan fingerprint density at radius 1 is 1.07 bits per heavy atom. The molecule has 29 heavy (non-hydrogen) atoms. The zero-order valence-corrected chi connectivity index (χ0v) is 17.8. The van der Waals surface area contributed by atoms with Gasteiger partial charge >= 0.3 is 6.09 Å². The number of fused-ring (bicyclic) bond motifs is 3. The smallest absolute Gasteiger partial charge is 0.407 e. The highest BCUT2D eigenvalue weighted by Gasteiger charge is 2.29. The zero-order chi connectivity index (χ0) is 20.4. The summed E-state index contributed by atoms with van der Waals surface area (Å²) in [5.74, 6) is -0.0111. The number of hydrogen-bond donors (Lipinski definition) is 2. The number of carbonyl (C=O) groups excluding carboxylic acids is 1. The van der Waals surface area contributed by atoms with Crippen molar-refractivity contribution >= 4 is 33.6 Å². The van der Waals surface area contributed by atoms with Crippen LogP contribution in [0.3, 0.4) is 0 Å². The van der Waals surface area contributed by atoms with Crippen molar-refractivity contribution in [3.63, 3.8) is 0 Å². The summed E-state index contributed by atoms with van der Waals surface area (Å²) < 4.78 is 6.27. The number of aliphatic hydroxyl groups is 1. The van der Waals surface area contributed by atoms with E-state index in [2.05, 4.69) is 45.5 Å². The minimum absolute atomic E-state index is 0.0111. The first-order chi connectivity index (χ1) is 14.1. The van der Waals surface area contributed by atoms with Gasteiger partial charge in [-0.1, -0.05) is 82.1 Å². The summed E-state index contributed by atoms with van der Waals surface area (Å²) in [6.45, 7) is -0.0375. The molecular weight excluding hydrogens is 454 g/mol. The fourth-order valence-corrected chi connectivity index (χ4v) is 4.75. The summed E-state index contributed by atoms with van der Waals surface area (Å²) in [4.78, 5) is 12.5. The summed E-state index contributed by atoms with van der Waals surface area (Å²) in [5.41, 5.74) is 5.39. The van der Waals surface area contributed by atoms with E-state index in [1.807, 2.05) is 24.3 Å². The van der Waals surface area contributed by atoms with Gasteiger partial charge in [0.2, 0.25) is 0 Å². The third kappa shape index (κ3) is 4.04. The number of aliphatic hydroxyl groups excluding tert-OH is 1. The van der Waals surface area contributed by atoms with E-state index in [4.69, 9.17) is 16.3 Å². The molecule has 0 unspecified atom stereocenters. The Morgan fingerprint density at radius 3 is 2.28 bits per heavy atom. The van der Waals surface area contributed by atoms with Crippen LogP contribution in [0.5, 0.6) is 0 Å². The van der Waals surface area contributed by atoms with Crippen molar-refractivity contribution in [3.05, 3.63) is 92.9 Å². The van der Waals surface area contributed by atoms with Crippen LogP contribution in [0, 0.1) is 0 Å². The second-order valence-corrected chi connectivity index (χ2v) is 8.16. The molecule has 0 saturated heterocycles. The molecule has 1 atom stereocenters. The van der Waals surface area contributed by atoms with Gasteiger partial charge in [0.1, 0.15) is 6.61 Å². The molecule has 0 radical (unpaired) electrons. The number of nitrogens with one attached hydrogen (secondary N) is 1. The van der Waals surface area contributed by atoms with Gasteiger partial charge in [-0.15, -0.1) is 0 Å². The van der Waals surface area contributed by atoms with Crippen LogP contribution in [-0.2, 0) is 4.74 Å². The molecule has 0 fully saturated rings. The first-order valence-corrected chi connectivity index (χ1v) is 10.4. The molecule has 3 aromatic rings. The molecule has 0 spiro atoms. The minimum Gasteiger partial charge on any atom is -0.449 e. The Balaban J connectivity index is 1.47. The number of halogens is 2. The van der Waals surface area contributed by atoms with Crippen molar-refractivity contribution < 1.29 is 14.6 Å². The number of ether oxygens (including phenoxy) is 1. The van der Waals surface area contributed by atoms with Gasteiger partial charge < -0.3 is 15.2 Å². The average Bonchev–Trinajstić information content (AvgIpc) is 3.05. The first kappa shape index (κ1) is 20.0. The molecule has 1 aliphatic carbocycles. The number of amides is 1. The molecule has 2 N–H and O–H groups in total. The predicted molar refractivity (Wildman–Crippen MR) is 117 cm³/mol. The summed E-state index contributed by atoms with van der Waals surface area (Å²) in [5, 5.41) is 13.0. The van der Waals surface area contributed by atoms with Crippen LogP contribution >= 0.6 is 27.5 Å². The number of rotatable bonds is 5. The second-order valence-electron chi connectivity index (χ2n) is 6.87. The van der Waals surface area contributed by atoms with Gasteiger partial charge in [0.25, 0.3) is 0 Å². The van der Waals surface area contributed by atoms with Crippen LogP contribution in [0.4, 0.5) is 4.79 Å². The Kier molecular flexibility index (Phi) is 5.90. The second kappa shape index (κ2) is 8.57. The van der Waals surface area contributed by atoms with E-state index in [1.54, 1.807) is 18.2 Å². The van der Waals surface area contributed by atoms with E-state index < -0.39 is 12.1 Å². The average molecular weight is 473 g/mol. The largest absolute Gasteiger partial charge is 0.449 e. The van der Waals surface area contributed by atoms with Crippen LogP contribution in [0.1, 0.15) is 28.7 Å². The molecule has 0 heterocycles. The lowest BCUT2D eigenvalue weighted by Gasteiger charge is -2.20. The number of alkyl carbamates (subject to hydrolysis) is 1. The van der Waals surface area contributed by atoms with Gasteiger partial charge in [-0.3, -0.25) is 0 Å². The maximum Gasteiger partial charge on any atom is 0.407 e. The molecule has 3 aromatic carbocycles. The first-order valence-electron chi connectivity index (χ1n) is 9.26. The van der Waals surface area contributed by atoms with Crippen LogP contribution in [0.2, 0.25) is 5.02 Å². The fraction of sp³-hybridized carbons (Fsp3) is 0.174. The Labute approximate surface area is 182 Å². The number of benzene rings is 3. The van der Waals surface area contributed by atoms with Crippen molar-refractivity contribution in [2.75, 3.05) is 13.2 Å². The normalized spacial score (nSPS) is 13.5. The van der Waals surface area contributed by atoms with Gasteiger partial charge in [0.05, 0.1) is 12.6 Å². The highest BCUT2D eigenvalue weighted by Crippen LogP contribution is 2.44. The Hall–Kier alpha value is -2.34. The van der Waals surface area contributed by atoms with Gasteiger partial charge in [-0.05, 0) is 39.9 Å². The van der Waals surface area contributed by atoms with Crippen molar-refractivity contribution in [1.29, 1.82) is 0 Å². The maximum atomic E-state index is 12.5. The highest BCUT2D eigenvalue weighted by atomic mass is 79.9. The maximum absolute atomic E-state index is 12.5. The third-order valence-corrected chi connectivity index (χ3v) is 6.08. The van der Waals surface area contributed by atoms with Crippen LogP contribution < -0.4 is 5.32 Å². The third-order valence-electron chi connectivity index (χ3n) is 5.16. The molecule has 148 valence electrons. The lowest BCUT2D eigenvalue weighted by molar-refractivity contribution is 0.132. The van der Waals surface area contributed by atoms with E-state index in [9.17, 15) is 9.90 Å². The monoisotopic (exact) mass is 471 g/mol. The van der Waals surface area contributed by atoms with Crippen molar-refractivity contribution in [1.82, 2.24) is 5.32 Å².